The van der Waals surface area contributed by atoms with Crippen LogP contribution in [-0.4, -0.2) is 42.6 Å². The zero-order valence-electron chi connectivity index (χ0n) is 9.63. The summed E-state index contributed by atoms with van der Waals surface area (Å²) in [4.78, 5) is 13.9. The highest BCUT2D eigenvalue weighted by Gasteiger charge is 2.39. The zero-order valence-corrected chi connectivity index (χ0v) is 9.63. The van der Waals surface area contributed by atoms with Gasteiger partial charge in [-0.05, 0) is 5.56 Å². The first kappa shape index (κ1) is 10.7. The van der Waals surface area contributed by atoms with Gasteiger partial charge in [-0.3, -0.25) is 4.79 Å². The zero-order chi connectivity index (χ0) is 11.7. The van der Waals surface area contributed by atoms with E-state index in [0.29, 0.717) is 6.54 Å². The van der Waals surface area contributed by atoms with Crippen molar-refractivity contribution in [2.45, 2.75) is 18.7 Å². The predicted molar refractivity (Wildman–Crippen MR) is 63.4 cm³/mol. The lowest BCUT2D eigenvalue weighted by atomic mass is 10.1. The van der Waals surface area contributed by atoms with Crippen LogP contribution in [0.5, 0.6) is 0 Å². The number of fused-ring (bicyclic) bond motifs is 1. The molecule has 4 heteroatoms. The van der Waals surface area contributed by atoms with Crippen molar-refractivity contribution in [1.29, 1.82) is 0 Å². The quantitative estimate of drug-likeness (QED) is 0.802. The monoisotopic (exact) mass is 232 g/mol. The molecule has 0 unspecified atom stereocenters. The average molecular weight is 232 g/mol. The number of hydrogen-bond donors (Lipinski definition) is 1. The van der Waals surface area contributed by atoms with Crippen LogP contribution in [-0.2, 0) is 16.1 Å². The third kappa shape index (κ3) is 2.06. The van der Waals surface area contributed by atoms with Crippen LogP contribution in [0.4, 0.5) is 0 Å². The third-order valence-corrected chi connectivity index (χ3v) is 3.47. The maximum Gasteiger partial charge on any atom is 0.249 e. The highest BCUT2D eigenvalue weighted by molar-refractivity contribution is 5.78. The van der Waals surface area contributed by atoms with Crippen molar-refractivity contribution in [2.75, 3.05) is 19.7 Å². The molecule has 17 heavy (non-hydrogen) atoms. The van der Waals surface area contributed by atoms with Gasteiger partial charge in [-0.1, -0.05) is 30.3 Å². The summed E-state index contributed by atoms with van der Waals surface area (Å²) in [6.07, 6.45) is 0.163. The van der Waals surface area contributed by atoms with Gasteiger partial charge in [-0.25, -0.2) is 0 Å². The van der Waals surface area contributed by atoms with Crippen LogP contribution in [0.2, 0.25) is 0 Å². The van der Waals surface area contributed by atoms with Crippen LogP contribution >= 0.6 is 0 Å². The summed E-state index contributed by atoms with van der Waals surface area (Å²) in [6.45, 7) is 2.59. The first-order chi connectivity index (χ1) is 8.34. The molecule has 2 fully saturated rings. The Hall–Kier alpha value is -1.39. The van der Waals surface area contributed by atoms with E-state index in [1.54, 1.807) is 0 Å². The first-order valence-electron chi connectivity index (χ1n) is 6.00. The molecule has 0 aromatic heterocycles. The van der Waals surface area contributed by atoms with Gasteiger partial charge in [0.25, 0.3) is 0 Å². The van der Waals surface area contributed by atoms with Crippen molar-refractivity contribution in [3.63, 3.8) is 0 Å². The SMILES string of the molecule is O=C1CO[C@H]2CNC[C@@H]2N1Cc1ccccc1. The Morgan fingerprint density at radius 2 is 2.12 bits per heavy atom. The van der Waals surface area contributed by atoms with E-state index in [1.807, 2.05) is 23.1 Å². The van der Waals surface area contributed by atoms with E-state index in [4.69, 9.17) is 4.74 Å². The smallest absolute Gasteiger partial charge is 0.249 e. The van der Waals surface area contributed by atoms with Crippen LogP contribution in [0, 0.1) is 0 Å². The van der Waals surface area contributed by atoms with E-state index < -0.39 is 0 Å². The van der Waals surface area contributed by atoms with Gasteiger partial charge in [0.05, 0.1) is 12.1 Å². The predicted octanol–water partition coefficient (Wildman–Crippen LogP) is 0.386. The maximum absolute atomic E-state index is 11.9. The fourth-order valence-electron chi connectivity index (χ4n) is 2.55. The van der Waals surface area contributed by atoms with Crippen LogP contribution < -0.4 is 5.32 Å². The molecule has 90 valence electrons. The minimum Gasteiger partial charge on any atom is -0.365 e. The number of carbonyl (C=O) groups is 1. The molecule has 2 saturated heterocycles. The Morgan fingerprint density at radius 1 is 1.29 bits per heavy atom. The molecule has 1 N–H and O–H groups in total. The minimum absolute atomic E-state index is 0.0961. The Kier molecular flexibility index (Phi) is 2.82. The van der Waals surface area contributed by atoms with E-state index in [0.717, 1.165) is 13.1 Å². The van der Waals surface area contributed by atoms with Crippen molar-refractivity contribution in [1.82, 2.24) is 10.2 Å². The normalized spacial score (nSPS) is 28.2. The molecular weight excluding hydrogens is 216 g/mol. The van der Waals surface area contributed by atoms with E-state index >= 15 is 0 Å². The van der Waals surface area contributed by atoms with E-state index in [2.05, 4.69) is 17.4 Å². The first-order valence-corrected chi connectivity index (χ1v) is 6.00. The largest absolute Gasteiger partial charge is 0.365 e. The van der Waals surface area contributed by atoms with Crippen LogP contribution in [0.25, 0.3) is 0 Å². The molecule has 2 aliphatic rings. The second-order valence-corrected chi connectivity index (χ2v) is 4.58. The summed E-state index contributed by atoms with van der Waals surface area (Å²) in [5, 5.41) is 3.28. The molecule has 2 aliphatic heterocycles. The van der Waals surface area contributed by atoms with Crippen molar-refractivity contribution in [3.8, 4) is 0 Å². The number of hydrogen-bond acceptors (Lipinski definition) is 3. The van der Waals surface area contributed by atoms with E-state index in [1.165, 1.54) is 5.56 Å². The fourth-order valence-corrected chi connectivity index (χ4v) is 2.55. The molecule has 1 amide bonds. The molecule has 0 aliphatic carbocycles. The molecule has 1 aromatic rings. The van der Waals surface area contributed by atoms with Crippen LogP contribution in [0.3, 0.4) is 0 Å². The maximum atomic E-state index is 11.9. The fraction of sp³-hybridized carbons (Fsp3) is 0.462. The molecule has 0 bridgehead atoms. The summed E-state index contributed by atoms with van der Waals surface area (Å²) < 4.78 is 5.53. The van der Waals surface area contributed by atoms with Gasteiger partial charge in [-0.2, -0.15) is 0 Å². The Bertz CT molecular complexity index is 407. The van der Waals surface area contributed by atoms with Crippen molar-refractivity contribution < 1.29 is 9.53 Å². The van der Waals surface area contributed by atoms with E-state index in [-0.39, 0.29) is 24.7 Å². The molecule has 2 heterocycles. The molecule has 3 rings (SSSR count). The number of benzene rings is 1. The minimum atomic E-state index is 0.0961. The molecule has 0 spiro atoms. The number of nitrogens with zero attached hydrogens (tertiary/aromatic N) is 1. The summed E-state index contributed by atoms with van der Waals surface area (Å²) in [7, 11) is 0. The van der Waals surface area contributed by atoms with Crippen molar-refractivity contribution in [3.05, 3.63) is 35.9 Å². The number of rotatable bonds is 2. The van der Waals surface area contributed by atoms with Gasteiger partial charge in [-0.15, -0.1) is 0 Å². The molecule has 0 radical (unpaired) electrons. The average Bonchev–Trinajstić information content (AvgIpc) is 2.83. The van der Waals surface area contributed by atoms with Crippen LogP contribution in [0.15, 0.2) is 30.3 Å². The van der Waals surface area contributed by atoms with E-state index in [9.17, 15) is 4.79 Å². The topological polar surface area (TPSA) is 41.6 Å². The van der Waals surface area contributed by atoms with Crippen LogP contribution in [0.1, 0.15) is 5.56 Å². The number of nitrogens with one attached hydrogen (secondary N) is 1. The highest BCUT2D eigenvalue weighted by Crippen LogP contribution is 2.20. The second-order valence-electron chi connectivity index (χ2n) is 4.58. The molecule has 2 atom stereocenters. The summed E-state index contributed by atoms with van der Waals surface area (Å²) in [6, 6.07) is 10.3. The Balaban J connectivity index is 1.78. The lowest BCUT2D eigenvalue weighted by molar-refractivity contribution is -0.153. The number of ether oxygens (including phenoxy) is 1. The Labute approximate surface area is 101 Å². The summed E-state index contributed by atoms with van der Waals surface area (Å²) in [5.41, 5.74) is 1.17. The van der Waals surface area contributed by atoms with Gasteiger partial charge in [0.2, 0.25) is 5.91 Å². The molecule has 0 saturated carbocycles. The number of carbonyl (C=O) groups excluding carboxylic acids is 1. The highest BCUT2D eigenvalue weighted by atomic mass is 16.5. The van der Waals surface area contributed by atoms with Gasteiger partial charge in [0.1, 0.15) is 6.61 Å². The lowest BCUT2D eigenvalue weighted by Crippen LogP contribution is -2.53. The summed E-state index contributed by atoms with van der Waals surface area (Å²) >= 11 is 0. The third-order valence-electron chi connectivity index (χ3n) is 3.47. The lowest BCUT2D eigenvalue weighted by Gasteiger charge is -2.36. The second kappa shape index (κ2) is 4.47. The molecule has 4 nitrogen and oxygen atoms in total. The van der Waals surface area contributed by atoms with Gasteiger partial charge in [0.15, 0.2) is 0 Å². The molecule has 1 aromatic carbocycles. The number of amides is 1. The van der Waals surface area contributed by atoms with Crippen molar-refractivity contribution >= 4 is 5.91 Å². The Morgan fingerprint density at radius 3 is 2.94 bits per heavy atom. The van der Waals surface area contributed by atoms with Gasteiger partial charge in [0, 0.05) is 19.6 Å². The van der Waals surface area contributed by atoms with Gasteiger partial charge >= 0.3 is 0 Å². The molecular formula is C13H16N2O2. The number of morpholine rings is 1. The van der Waals surface area contributed by atoms with Gasteiger partial charge < -0.3 is 15.0 Å². The summed E-state index contributed by atoms with van der Waals surface area (Å²) in [5.74, 6) is 0.0961. The standard InChI is InChI=1S/C13H16N2O2/c16-13-9-17-12-7-14-6-11(12)15(13)8-10-4-2-1-3-5-10/h1-5,11-12,14H,6-9H2/t11-,12-/m0/s1. The van der Waals surface area contributed by atoms with Crippen molar-refractivity contribution in [2.24, 2.45) is 0 Å².